The van der Waals surface area contributed by atoms with E-state index in [4.69, 9.17) is 6.42 Å². The molecular formula is C21H18N6O3S2. The van der Waals surface area contributed by atoms with Crippen LogP contribution >= 0.6 is 11.3 Å². The predicted molar refractivity (Wildman–Crippen MR) is 122 cm³/mol. The standard InChI is InChI=1S/C21H18N6O3S2/c1-3-12-26(2)32(29,30)16-10-8-15(9-11-16)13-27-18-7-5-4-6-17(18)19(25-27)20(28)23-21-24-22-14-31-21/h1,4-11,14H,12-13H2,2H3,(H,23,24,28). The molecule has 0 aliphatic carbocycles. The summed E-state index contributed by atoms with van der Waals surface area (Å²) in [5, 5.41) is 15.8. The van der Waals surface area contributed by atoms with Gasteiger partial charge in [-0.15, -0.1) is 16.6 Å². The molecule has 0 aliphatic heterocycles. The molecule has 4 rings (SSSR count). The summed E-state index contributed by atoms with van der Waals surface area (Å²) in [7, 11) is -2.21. The second kappa shape index (κ2) is 8.88. The first kappa shape index (κ1) is 21.6. The molecule has 0 fully saturated rings. The van der Waals surface area contributed by atoms with Gasteiger partial charge in [-0.25, -0.2) is 8.42 Å². The molecule has 1 N–H and O–H groups in total. The predicted octanol–water partition coefficient (Wildman–Crippen LogP) is 2.44. The number of carbonyl (C=O) groups excluding carboxylic acids is 1. The number of terminal acetylenes is 1. The third-order valence-electron chi connectivity index (χ3n) is 4.73. The van der Waals surface area contributed by atoms with Gasteiger partial charge in [0.1, 0.15) is 5.51 Å². The highest BCUT2D eigenvalue weighted by atomic mass is 32.2. The summed E-state index contributed by atoms with van der Waals surface area (Å²) < 4.78 is 27.9. The van der Waals surface area contributed by atoms with Crippen LogP contribution in [0.25, 0.3) is 10.9 Å². The lowest BCUT2D eigenvalue weighted by atomic mass is 10.2. The quantitative estimate of drug-likeness (QED) is 0.419. The molecule has 0 unspecified atom stereocenters. The van der Waals surface area contributed by atoms with Crippen LogP contribution in [0.4, 0.5) is 5.13 Å². The van der Waals surface area contributed by atoms with Gasteiger partial charge >= 0.3 is 0 Å². The van der Waals surface area contributed by atoms with Gasteiger partial charge in [0.2, 0.25) is 15.2 Å². The number of hydrogen-bond donors (Lipinski definition) is 1. The Morgan fingerprint density at radius 3 is 2.66 bits per heavy atom. The van der Waals surface area contributed by atoms with Crippen LogP contribution in [-0.2, 0) is 16.6 Å². The van der Waals surface area contributed by atoms with E-state index in [-0.39, 0.29) is 23.0 Å². The Balaban J connectivity index is 1.61. The van der Waals surface area contributed by atoms with Crippen molar-refractivity contribution in [3.8, 4) is 12.3 Å². The number of nitrogens with zero attached hydrogens (tertiary/aromatic N) is 5. The number of anilines is 1. The molecule has 0 atom stereocenters. The monoisotopic (exact) mass is 466 g/mol. The topological polar surface area (TPSA) is 110 Å². The molecule has 2 aromatic carbocycles. The summed E-state index contributed by atoms with van der Waals surface area (Å²) in [5.74, 6) is 1.95. The zero-order chi connectivity index (χ0) is 22.7. The molecule has 11 heteroatoms. The minimum absolute atomic E-state index is 0.00867. The molecule has 0 spiro atoms. The number of benzene rings is 2. The SMILES string of the molecule is C#CCN(C)S(=O)(=O)c1ccc(Cn2nc(C(=O)Nc3nncs3)c3ccccc32)cc1. The van der Waals surface area contributed by atoms with Crippen molar-refractivity contribution in [3.63, 3.8) is 0 Å². The maximum Gasteiger partial charge on any atom is 0.278 e. The number of fused-ring (bicyclic) bond motifs is 1. The van der Waals surface area contributed by atoms with E-state index in [9.17, 15) is 13.2 Å². The minimum atomic E-state index is -3.65. The molecule has 0 saturated carbocycles. The summed E-state index contributed by atoms with van der Waals surface area (Å²) in [5.41, 5.74) is 3.40. The number of carbonyl (C=O) groups is 1. The van der Waals surface area contributed by atoms with Crippen molar-refractivity contribution in [1.29, 1.82) is 0 Å². The van der Waals surface area contributed by atoms with Gasteiger partial charge in [0.15, 0.2) is 5.69 Å². The fraction of sp³-hybridized carbons (Fsp3) is 0.143. The Morgan fingerprint density at radius 1 is 1.22 bits per heavy atom. The van der Waals surface area contributed by atoms with Crippen LogP contribution in [0, 0.1) is 12.3 Å². The average Bonchev–Trinajstić information content (AvgIpc) is 3.42. The highest BCUT2D eigenvalue weighted by molar-refractivity contribution is 7.89. The number of para-hydroxylation sites is 1. The van der Waals surface area contributed by atoms with Crippen LogP contribution in [0.3, 0.4) is 0 Å². The fourth-order valence-corrected chi connectivity index (χ4v) is 4.66. The maximum absolute atomic E-state index is 12.7. The van der Waals surface area contributed by atoms with Crippen LogP contribution in [0.5, 0.6) is 0 Å². The van der Waals surface area contributed by atoms with E-state index < -0.39 is 10.0 Å². The van der Waals surface area contributed by atoms with Crippen molar-refractivity contribution in [2.45, 2.75) is 11.4 Å². The number of amides is 1. The zero-order valence-corrected chi connectivity index (χ0v) is 18.6. The first-order valence-corrected chi connectivity index (χ1v) is 11.7. The lowest BCUT2D eigenvalue weighted by Gasteiger charge is -2.14. The lowest BCUT2D eigenvalue weighted by Crippen LogP contribution is -2.27. The van der Waals surface area contributed by atoms with Crippen LogP contribution in [0.2, 0.25) is 0 Å². The van der Waals surface area contributed by atoms with Gasteiger partial charge in [0, 0.05) is 12.4 Å². The summed E-state index contributed by atoms with van der Waals surface area (Å²) in [6.45, 7) is 0.346. The van der Waals surface area contributed by atoms with Crippen molar-refractivity contribution in [3.05, 3.63) is 65.3 Å². The van der Waals surface area contributed by atoms with Gasteiger partial charge in [0.05, 0.1) is 23.5 Å². The van der Waals surface area contributed by atoms with Gasteiger partial charge in [-0.2, -0.15) is 9.40 Å². The Hall–Kier alpha value is -3.59. The van der Waals surface area contributed by atoms with Crippen molar-refractivity contribution < 1.29 is 13.2 Å². The molecule has 162 valence electrons. The first-order chi connectivity index (χ1) is 15.4. The highest BCUT2D eigenvalue weighted by Crippen LogP contribution is 2.22. The van der Waals surface area contributed by atoms with Gasteiger partial charge in [-0.1, -0.05) is 47.6 Å². The number of aromatic nitrogens is 4. The second-order valence-electron chi connectivity index (χ2n) is 6.83. The van der Waals surface area contributed by atoms with Crippen LogP contribution in [0.1, 0.15) is 16.1 Å². The van der Waals surface area contributed by atoms with E-state index in [2.05, 4.69) is 26.5 Å². The molecule has 2 heterocycles. The van der Waals surface area contributed by atoms with Crippen LogP contribution in [0.15, 0.2) is 58.9 Å². The normalized spacial score (nSPS) is 11.5. The summed E-state index contributed by atoms with van der Waals surface area (Å²) in [6, 6.07) is 13.9. The molecule has 9 nitrogen and oxygen atoms in total. The molecule has 0 bridgehead atoms. The van der Waals surface area contributed by atoms with Gasteiger partial charge < -0.3 is 0 Å². The third-order valence-corrected chi connectivity index (χ3v) is 7.16. The number of sulfonamides is 1. The van der Waals surface area contributed by atoms with Crippen molar-refractivity contribution >= 4 is 43.3 Å². The van der Waals surface area contributed by atoms with Crippen molar-refractivity contribution in [2.75, 3.05) is 18.9 Å². The maximum atomic E-state index is 12.7. The van der Waals surface area contributed by atoms with Crippen LogP contribution in [-0.4, -0.2) is 52.2 Å². The van der Waals surface area contributed by atoms with Crippen LogP contribution < -0.4 is 5.32 Å². The molecule has 0 radical (unpaired) electrons. The molecular weight excluding hydrogens is 448 g/mol. The third kappa shape index (κ3) is 4.24. The zero-order valence-electron chi connectivity index (χ0n) is 17.0. The van der Waals surface area contributed by atoms with E-state index in [0.717, 1.165) is 15.4 Å². The number of rotatable bonds is 7. The van der Waals surface area contributed by atoms with E-state index in [1.807, 2.05) is 24.3 Å². The molecule has 0 aliphatic rings. The summed E-state index contributed by atoms with van der Waals surface area (Å²) >= 11 is 1.22. The van der Waals surface area contributed by atoms with Gasteiger partial charge in [0.25, 0.3) is 5.91 Å². The van der Waals surface area contributed by atoms with Crippen molar-refractivity contribution in [1.82, 2.24) is 24.3 Å². The van der Waals surface area contributed by atoms with Gasteiger partial charge in [-0.05, 0) is 23.8 Å². The van der Waals surface area contributed by atoms with E-state index in [1.165, 1.54) is 36.0 Å². The second-order valence-corrected chi connectivity index (χ2v) is 9.71. The number of nitrogens with one attached hydrogen (secondary N) is 1. The fourth-order valence-electron chi connectivity index (χ4n) is 3.13. The Labute approximate surface area is 188 Å². The Kier molecular flexibility index (Phi) is 6.00. The lowest BCUT2D eigenvalue weighted by molar-refractivity contribution is 0.102. The smallest absolute Gasteiger partial charge is 0.278 e. The van der Waals surface area contributed by atoms with E-state index in [0.29, 0.717) is 17.1 Å². The Bertz CT molecular complexity index is 1400. The Morgan fingerprint density at radius 2 is 1.97 bits per heavy atom. The summed E-state index contributed by atoms with van der Waals surface area (Å²) in [6.07, 6.45) is 5.22. The molecule has 1 amide bonds. The van der Waals surface area contributed by atoms with Crippen molar-refractivity contribution in [2.24, 2.45) is 0 Å². The van der Waals surface area contributed by atoms with E-state index >= 15 is 0 Å². The van der Waals surface area contributed by atoms with E-state index in [1.54, 1.807) is 16.8 Å². The molecule has 32 heavy (non-hydrogen) atoms. The first-order valence-electron chi connectivity index (χ1n) is 9.42. The average molecular weight is 467 g/mol. The van der Waals surface area contributed by atoms with Gasteiger partial charge in [-0.3, -0.25) is 14.8 Å². The highest BCUT2D eigenvalue weighted by Gasteiger charge is 2.21. The molecule has 4 aromatic rings. The summed E-state index contributed by atoms with van der Waals surface area (Å²) in [4.78, 5) is 12.9. The minimum Gasteiger partial charge on any atom is -0.295 e. The number of hydrogen-bond acceptors (Lipinski definition) is 7. The molecule has 0 saturated heterocycles. The molecule has 2 aromatic heterocycles. The largest absolute Gasteiger partial charge is 0.295 e.